The van der Waals surface area contributed by atoms with Crippen molar-refractivity contribution in [2.45, 2.75) is 51.3 Å². The number of ether oxygens (including phenoxy) is 2. The number of benzene rings is 2. The molecule has 1 N–H and O–H groups in total. The zero-order valence-electron chi connectivity index (χ0n) is 20.6. The van der Waals surface area contributed by atoms with Gasteiger partial charge in [0.1, 0.15) is 0 Å². The van der Waals surface area contributed by atoms with Crippen LogP contribution in [-0.2, 0) is 32.3 Å². The average Bonchev–Trinajstić information content (AvgIpc) is 3.27. The van der Waals surface area contributed by atoms with Crippen LogP contribution >= 0.6 is 0 Å². The third-order valence-corrected chi connectivity index (χ3v) is 7.56. The lowest BCUT2D eigenvalue weighted by Crippen LogP contribution is -2.28. The number of carbonyl (C=O) groups excluding carboxylic acids is 2. The van der Waals surface area contributed by atoms with E-state index in [0.29, 0.717) is 57.1 Å². The first-order valence-corrected chi connectivity index (χ1v) is 13.8. The minimum absolute atomic E-state index is 0.0235. The van der Waals surface area contributed by atoms with E-state index in [4.69, 9.17) is 9.47 Å². The van der Waals surface area contributed by atoms with E-state index in [0.717, 1.165) is 16.8 Å². The minimum atomic E-state index is -3.61. The van der Waals surface area contributed by atoms with Gasteiger partial charge in [-0.1, -0.05) is 13.0 Å². The Morgan fingerprint density at radius 3 is 2.46 bits per heavy atom. The van der Waals surface area contributed by atoms with Crippen LogP contribution in [0.3, 0.4) is 0 Å². The summed E-state index contributed by atoms with van der Waals surface area (Å²) in [5.41, 5.74) is 2.60. The summed E-state index contributed by atoms with van der Waals surface area (Å²) in [4.78, 5) is 26.2. The molecule has 190 valence electrons. The number of fused-ring (bicyclic) bond motifs is 1. The molecule has 0 bridgehead atoms. The molecular weight excluding hydrogens is 468 g/mol. The fourth-order valence-electron chi connectivity index (χ4n) is 4.05. The predicted molar refractivity (Wildman–Crippen MR) is 135 cm³/mol. The van der Waals surface area contributed by atoms with Crippen molar-refractivity contribution in [2.24, 2.45) is 0 Å². The normalized spacial score (nSPS) is 12.8. The predicted octanol–water partition coefficient (Wildman–Crippen LogP) is 3.31. The molecule has 8 nitrogen and oxygen atoms in total. The second kappa shape index (κ2) is 12.1. The standard InChI is InChI=1S/C26H34N2O6S/c1-4-26(30)28-15-12-20-18-21(8-9-22(20)28)35(31,32)16-13-25(29)27-14-11-19-7-10-23(33-5-2)24(17-19)34-6-3/h7-10,17-18H,4-6,11-16H2,1-3H3,(H,27,29). The van der Waals surface area contributed by atoms with Gasteiger partial charge in [-0.3, -0.25) is 9.59 Å². The number of hydrogen-bond donors (Lipinski definition) is 1. The van der Waals surface area contributed by atoms with Crippen molar-refractivity contribution in [3.63, 3.8) is 0 Å². The van der Waals surface area contributed by atoms with Crippen molar-refractivity contribution in [1.29, 1.82) is 0 Å². The molecule has 1 heterocycles. The molecule has 9 heteroatoms. The molecule has 35 heavy (non-hydrogen) atoms. The highest BCUT2D eigenvalue weighted by Gasteiger charge is 2.26. The van der Waals surface area contributed by atoms with Gasteiger partial charge in [0.15, 0.2) is 21.3 Å². The summed E-state index contributed by atoms with van der Waals surface area (Å²) in [6.07, 6.45) is 1.50. The maximum atomic E-state index is 12.8. The average molecular weight is 503 g/mol. The number of amides is 2. The summed E-state index contributed by atoms with van der Waals surface area (Å²) in [6.45, 7) is 7.64. The van der Waals surface area contributed by atoms with Crippen molar-refractivity contribution < 1.29 is 27.5 Å². The topological polar surface area (TPSA) is 102 Å². The van der Waals surface area contributed by atoms with Crippen LogP contribution < -0.4 is 19.7 Å². The summed E-state index contributed by atoms with van der Waals surface area (Å²) < 4.78 is 36.8. The summed E-state index contributed by atoms with van der Waals surface area (Å²) in [6, 6.07) is 10.5. The molecule has 0 aliphatic carbocycles. The quantitative estimate of drug-likeness (QED) is 0.478. The van der Waals surface area contributed by atoms with E-state index in [1.807, 2.05) is 32.0 Å². The van der Waals surface area contributed by atoms with Crippen LogP contribution in [0.2, 0.25) is 0 Å². The first-order valence-electron chi connectivity index (χ1n) is 12.1. The Morgan fingerprint density at radius 2 is 1.74 bits per heavy atom. The second-order valence-electron chi connectivity index (χ2n) is 8.26. The first kappa shape index (κ1) is 26.5. The molecule has 0 radical (unpaired) electrons. The molecular formula is C26H34N2O6S. The minimum Gasteiger partial charge on any atom is -0.490 e. The van der Waals surface area contributed by atoms with Crippen LogP contribution in [0.15, 0.2) is 41.3 Å². The van der Waals surface area contributed by atoms with Gasteiger partial charge < -0.3 is 19.7 Å². The molecule has 3 rings (SSSR count). The Labute approximate surface area is 207 Å². The molecule has 0 atom stereocenters. The van der Waals surface area contributed by atoms with E-state index in [9.17, 15) is 18.0 Å². The molecule has 2 aromatic carbocycles. The number of nitrogens with zero attached hydrogens (tertiary/aromatic N) is 1. The van der Waals surface area contributed by atoms with Crippen molar-refractivity contribution in [3.8, 4) is 11.5 Å². The van der Waals surface area contributed by atoms with Gasteiger partial charge in [0.2, 0.25) is 11.8 Å². The Morgan fingerprint density at radius 1 is 1.00 bits per heavy atom. The van der Waals surface area contributed by atoms with Crippen LogP contribution in [0.25, 0.3) is 0 Å². The fourth-order valence-corrected chi connectivity index (χ4v) is 5.34. The van der Waals surface area contributed by atoms with Crippen LogP contribution in [-0.4, -0.2) is 52.3 Å². The largest absolute Gasteiger partial charge is 0.490 e. The number of anilines is 1. The summed E-state index contributed by atoms with van der Waals surface area (Å²) >= 11 is 0. The molecule has 0 fully saturated rings. The second-order valence-corrected chi connectivity index (χ2v) is 10.4. The first-order chi connectivity index (χ1) is 16.8. The smallest absolute Gasteiger partial charge is 0.226 e. The van der Waals surface area contributed by atoms with Gasteiger partial charge in [-0.05, 0) is 68.1 Å². The zero-order chi connectivity index (χ0) is 25.4. The molecule has 0 saturated heterocycles. The molecule has 2 amide bonds. The zero-order valence-corrected chi connectivity index (χ0v) is 21.4. The van der Waals surface area contributed by atoms with E-state index in [2.05, 4.69) is 5.32 Å². The van der Waals surface area contributed by atoms with E-state index >= 15 is 0 Å². The van der Waals surface area contributed by atoms with E-state index < -0.39 is 9.84 Å². The number of rotatable bonds is 12. The van der Waals surface area contributed by atoms with Gasteiger partial charge >= 0.3 is 0 Å². The van der Waals surface area contributed by atoms with Crippen molar-refractivity contribution in [1.82, 2.24) is 5.32 Å². The van der Waals surface area contributed by atoms with Gasteiger partial charge in [-0.15, -0.1) is 0 Å². The highest BCUT2D eigenvalue weighted by molar-refractivity contribution is 7.91. The van der Waals surface area contributed by atoms with Gasteiger partial charge in [-0.25, -0.2) is 8.42 Å². The summed E-state index contributed by atoms with van der Waals surface area (Å²) in [5, 5.41) is 2.79. The van der Waals surface area contributed by atoms with Crippen LogP contribution in [0.1, 0.15) is 44.7 Å². The van der Waals surface area contributed by atoms with Crippen molar-refractivity contribution in [2.75, 3.05) is 37.0 Å². The molecule has 0 saturated carbocycles. The van der Waals surface area contributed by atoms with Gasteiger partial charge in [0.25, 0.3) is 0 Å². The molecule has 1 aliphatic heterocycles. The van der Waals surface area contributed by atoms with Crippen molar-refractivity contribution in [3.05, 3.63) is 47.5 Å². The van der Waals surface area contributed by atoms with E-state index in [1.165, 1.54) is 6.07 Å². The Hall–Kier alpha value is -3.07. The third kappa shape index (κ3) is 6.75. The summed E-state index contributed by atoms with van der Waals surface area (Å²) in [5.74, 6) is 0.789. The molecule has 2 aromatic rings. The van der Waals surface area contributed by atoms with Gasteiger partial charge in [0.05, 0.1) is 23.9 Å². The Balaban J connectivity index is 1.52. The monoisotopic (exact) mass is 502 g/mol. The maximum Gasteiger partial charge on any atom is 0.226 e. The Bertz CT molecular complexity index is 1160. The van der Waals surface area contributed by atoms with E-state index in [-0.39, 0.29) is 28.9 Å². The fraction of sp³-hybridized carbons (Fsp3) is 0.462. The number of nitrogens with one attached hydrogen (secondary N) is 1. The lowest BCUT2D eigenvalue weighted by atomic mass is 10.1. The highest BCUT2D eigenvalue weighted by Crippen LogP contribution is 2.31. The number of sulfone groups is 1. The summed E-state index contributed by atoms with van der Waals surface area (Å²) in [7, 11) is -3.61. The molecule has 0 spiro atoms. The highest BCUT2D eigenvalue weighted by atomic mass is 32.2. The SMILES string of the molecule is CCOc1ccc(CCNC(=O)CCS(=O)(=O)c2ccc3c(c2)CCN3C(=O)CC)cc1OCC. The van der Waals surface area contributed by atoms with Crippen molar-refractivity contribution >= 4 is 27.3 Å². The Kier molecular flexibility index (Phi) is 9.14. The lowest BCUT2D eigenvalue weighted by Gasteiger charge is -2.16. The molecule has 0 aromatic heterocycles. The number of carbonyl (C=O) groups is 2. The third-order valence-electron chi connectivity index (χ3n) is 5.85. The molecule has 0 unspecified atom stereocenters. The van der Waals surface area contributed by atoms with Gasteiger partial charge in [-0.2, -0.15) is 0 Å². The molecule has 1 aliphatic rings. The van der Waals surface area contributed by atoms with Crippen LogP contribution in [0.4, 0.5) is 5.69 Å². The maximum absolute atomic E-state index is 12.8. The van der Waals surface area contributed by atoms with Crippen LogP contribution in [0, 0.1) is 0 Å². The lowest BCUT2D eigenvalue weighted by molar-refractivity contribution is -0.120. The number of hydrogen-bond acceptors (Lipinski definition) is 6. The van der Waals surface area contributed by atoms with Crippen LogP contribution in [0.5, 0.6) is 11.5 Å². The van der Waals surface area contributed by atoms with E-state index in [1.54, 1.807) is 24.0 Å². The van der Waals surface area contributed by atoms with Gasteiger partial charge in [0, 0.05) is 31.6 Å².